The molecule has 1 aliphatic heterocycles. The summed E-state index contributed by atoms with van der Waals surface area (Å²) in [6.07, 6.45) is 3.20. The second-order valence-electron chi connectivity index (χ2n) is 5.95. The van der Waals surface area contributed by atoms with Gasteiger partial charge in [-0.25, -0.2) is 0 Å². The smallest absolute Gasteiger partial charge is 0.0558 e. The van der Waals surface area contributed by atoms with E-state index >= 15 is 0 Å². The minimum Gasteiger partial charge on any atom is -0.396 e. The first kappa shape index (κ1) is 15.9. The first-order valence-corrected chi connectivity index (χ1v) is 7.33. The van der Waals surface area contributed by atoms with Gasteiger partial charge < -0.3 is 15.5 Å². The molecule has 1 fully saturated rings. The van der Waals surface area contributed by atoms with Crippen molar-refractivity contribution in [3.8, 4) is 0 Å². The van der Waals surface area contributed by atoms with Crippen LogP contribution in [0.5, 0.6) is 0 Å². The third-order valence-electron chi connectivity index (χ3n) is 3.61. The molecule has 1 heterocycles. The molecule has 18 heavy (non-hydrogen) atoms. The molecule has 0 aromatic carbocycles. The highest BCUT2D eigenvalue weighted by molar-refractivity contribution is 4.83. The Labute approximate surface area is 111 Å². The monoisotopic (exact) mass is 258 g/mol. The van der Waals surface area contributed by atoms with Gasteiger partial charge in [0.25, 0.3) is 0 Å². The van der Waals surface area contributed by atoms with Crippen molar-refractivity contribution in [2.45, 2.75) is 39.2 Å². The standard InChI is InChI=1S/C14H30N2O2/c1-12(2)9-15-14-8-13(4-3-6-17)10-16(11-14)5-7-18/h12-15,17-18H,3-11H2,1-2H3. The Kier molecular flexibility index (Phi) is 7.82. The summed E-state index contributed by atoms with van der Waals surface area (Å²) in [5.41, 5.74) is 0. The van der Waals surface area contributed by atoms with E-state index in [0.717, 1.165) is 39.0 Å². The Balaban J connectivity index is 2.40. The maximum absolute atomic E-state index is 9.08. The zero-order chi connectivity index (χ0) is 13.4. The molecular weight excluding hydrogens is 228 g/mol. The van der Waals surface area contributed by atoms with E-state index in [1.165, 1.54) is 6.42 Å². The normalized spacial score (nSPS) is 25.8. The highest BCUT2D eigenvalue weighted by Gasteiger charge is 2.26. The van der Waals surface area contributed by atoms with Gasteiger partial charge in [-0.3, -0.25) is 4.90 Å². The number of hydrogen-bond acceptors (Lipinski definition) is 4. The molecule has 0 aliphatic carbocycles. The summed E-state index contributed by atoms with van der Waals surface area (Å²) in [5, 5.41) is 21.7. The molecule has 3 N–H and O–H groups in total. The molecule has 4 nitrogen and oxygen atoms in total. The van der Waals surface area contributed by atoms with Crippen molar-refractivity contribution in [3.63, 3.8) is 0 Å². The number of likely N-dealkylation sites (tertiary alicyclic amines) is 1. The predicted octanol–water partition coefficient (Wildman–Crippen LogP) is 0.687. The van der Waals surface area contributed by atoms with E-state index in [0.29, 0.717) is 24.5 Å². The van der Waals surface area contributed by atoms with Crippen molar-refractivity contribution >= 4 is 0 Å². The van der Waals surface area contributed by atoms with Crippen molar-refractivity contribution in [2.75, 3.05) is 39.4 Å². The first-order valence-electron chi connectivity index (χ1n) is 7.33. The van der Waals surface area contributed by atoms with E-state index in [1.807, 2.05) is 0 Å². The number of piperidine rings is 1. The number of aliphatic hydroxyl groups is 2. The van der Waals surface area contributed by atoms with E-state index in [9.17, 15) is 0 Å². The van der Waals surface area contributed by atoms with E-state index in [2.05, 4.69) is 24.1 Å². The molecule has 1 aliphatic rings. The zero-order valence-corrected chi connectivity index (χ0v) is 11.9. The molecule has 0 aromatic heterocycles. The fraction of sp³-hybridized carbons (Fsp3) is 1.00. The summed E-state index contributed by atoms with van der Waals surface area (Å²) < 4.78 is 0. The van der Waals surface area contributed by atoms with Crippen LogP contribution in [0.4, 0.5) is 0 Å². The van der Waals surface area contributed by atoms with E-state index in [-0.39, 0.29) is 6.61 Å². The lowest BCUT2D eigenvalue weighted by Gasteiger charge is -2.38. The van der Waals surface area contributed by atoms with Gasteiger partial charge in [0.1, 0.15) is 0 Å². The quantitative estimate of drug-likeness (QED) is 0.599. The Morgan fingerprint density at radius 1 is 1.22 bits per heavy atom. The minimum atomic E-state index is 0.240. The summed E-state index contributed by atoms with van der Waals surface area (Å²) in [7, 11) is 0. The second kappa shape index (κ2) is 8.86. The highest BCUT2D eigenvalue weighted by Crippen LogP contribution is 2.21. The number of nitrogens with zero attached hydrogens (tertiary/aromatic N) is 1. The average Bonchev–Trinajstić information content (AvgIpc) is 2.34. The van der Waals surface area contributed by atoms with Crippen molar-refractivity contribution in [2.24, 2.45) is 11.8 Å². The van der Waals surface area contributed by atoms with Crippen LogP contribution >= 0.6 is 0 Å². The number of nitrogens with one attached hydrogen (secondary N) is 1. The van der Waals surface area contributed by atoms with Crippen LogP contribution in [0.25, 0.3) is 0 Å². The maximum Gasteiger partial charge on any atom is 0.0558 e. The van der Waals surface area contributed by atoms with Gasteiger partial charge >= 0.3 is 0 Å². The average molecular weight is 258 g/mol. The molecule has 0 radical (unpaired) electrons. The lowest BCUT2D eigenvalue weighted by Crippen LogP contribution is -2.50. The van der Waals surface area contributed by atoms with Gasteiger partial charge in [0.05, 0.1) is 6.61 Å². The highest BCUT2D eigenvalue weighted by atomic mass is 16.3. The summed E-state index contributed by atoms with van der Waals surface area (Å²) >= 11 is 0. The Morgan fingerprint density at radius 2 is 2.00 bits per heavy atom. The molecule has 0 aromatic rings. The third kappa shape index (κ3) is 6.14. The summed E-state index contributed by atoms with van der Waals surface area (Å²) in [6, 6.07) is 0.538. The van der Waals surface area contributed by atoms with Crippen LogP contribution in [0.2, 0.25) is 0 Å². The largest absolute Gasteiger partial charge is 0.396 e. The van der Waals surface area contributed by atoms with Crippen LogP contribution in [0, 0.1) is 11.8 Å². The van der Waals surface area contributed by atoms with Crippen LogP contribution in [0.1, 0.15) is 33.1 Å². The van der Waals surface area contributed by atoms with Gasteiger partial charge in [-0.05, 0) is 37.6 Å². The van der Waals surface area contributed by atoms with E-state index < -0.39 is 0 Å². The molecule has 0 bridgehead atoms. The molecule has 2 unspecified atom stereocenters. The lowest BCUT2D eigenvalue weighted by molar-refractivity contribution is 0.107. The van der Waals surface area contributed by atoms with Crippen molar-refractivity contribution in [1.29, 1.82) is 0 Å². The molecule has 0 spiro atoms. The number of rotatable bonds is 8. The van der Waals surface area contributed by atoms with Crippen molar-refractivity contribution in [3.05, 3.63) is 0 Å². The first-order chi connectivity index (χ1) is 8.65. The Hall–Kier alpha value is -0.160. The molecular formula is C14H30N2O2. The van der Waals surface area contributed by atoms with Crippen LogP contribution in [-0.4, -0.2) is 60.5 Å². The lowest BCUT2D eigenvalue weighted by atomic mass is 9.90. The summed E-state index contributed by atoms with van der Waals surface area (Å²) in [4.78, 5) is 2.35. The molecule has 1 rings (SSSR count). The number of β-amino-alcohol motifs (C(OH)–C–C–N with tert-alkyl or cyclic N) is 1. The number of aliphatic hydroxyl groups excluding tert-OH is 2. The number of hydrogen-bond donors (Lipinski definition) is 3. The Bertz CT molecular complexity index is 212. The fourth-order valence-electron chi connectivity index (χ4n) is 2.77. The predicted molar refractivity (Wildman–Crippen MR) is 74.6 cm³/mol. The zero-order valence-electron chi connectivity index (χ0n) is 11.9. The molecule has 4 heteroatoms. The van der Waals surface area contributed by atoms with Crippen LogP contribution in [-0.2, 0) is 0 Å². The second-order valence-corrected chi connectivity index (χ2v) is 5.95. The van der Waals surface area contributed by atoms with Crippen LogP contribution < -0.4 is 5.32 Å². The van der Waals surface area contributed by atoms with Gasteiger partial charge in [0.15, 0.2) is 0 Å². The van der Waals surface area contributed by atoms with Gasteiger partial charge in [-0.1, -0.05) is 13.8 Å². The molecule has 2 atom stereocenters. The van der Waals surface area contributed by atoms with Crippen molar-refractivity contribution in [1.82, 2.24) is 10.2 Å². The van der Waals surface area contributed by atoms with Crippen LogP contribution in [0.15, 0.2) is 0 Å². The molecule has 1 saturated heterocycles. The molecule has 108 valence electrons. The van der Waals surface area contributed by atoms with E-state index in [4.69, 9.17) is 10.2 Å². The van der Waals surface area contributed by atoms with Gasteiger partial charge in [-0.2, -0.15) is 0 Å². The minimum absolute atomic E-state index is 0.240. The summed E-state index contributed by atoms with van der Waals surface area (Å²) in [6.45, 7) is 8.93. The SMILES string of the molecule is CC(C)CNC1CC(CCCO)CN(CCO)C1. The van der Waals surface area contributed by atoms with Gasteiger partial charge in [-0.15, -0.1) is 0 Å². The summed E-state index contributed by atoms with van der Waals surface area (Å²) in [5.74, 6) is 1.33. The third-order valence-corrected chi connectivity index (χ3v) is 3.61. The van der Waals surface area contributed by atoms with E-state index in [1.54, 1.807) is 0 Å². The topological polar surface area (TPSA) is 55.7 Å². The van der Waals surface area contributed by atoms with Gasteiger partial charge in [0, 0.05) is 32.3 Å². The maximum atomic E-state index is 9.08. The molecule has 0 amide bonds. The van der Waals surface area contributed by atoms with Gasteiger partial charge in [0.2, 0.25) is 0 Å². The van der Waals surface area contributed by atoms with Crippen LogP contribution in [0.3, 0.4) is 0 Å². The molecule has 0 saturated carbocycles. The fourth-order valence-corrected chi connectivity index (χ4v) is 2.77. The van der Waals surface area contributed by atoms with Crippen molar-refractivity contribution < 1.29 is 10.2 Å². The Morgan fingerprint density at radius 3 is 2.61 bits per heavy atom.